The second-order valence-electron chi connectivity index (χ2n) is 2.81. The van der Waals surface area contributed by atoms with Crippen LogP contribution < -0.4 is 5.73 Å². The zero-order chi connectivity index (χ0) is 12.3. The monoisotopic (exact) mass is 294 g/mol. The maximum absolute atomic E-state index is 12.5. The molecule has 1 aromatic rings. The second-order valence-corrected chi connectivity index (χ2v) is 3.63. The van der Waals surface area contributed by atoms with Crippen molar-refractivity contribution in [3.63, 3.8) is 0 Å². The molecule has 0 radical (unpaired) electrons. The lowest BCUT2D eigenvalue weighted by atomic mass is 10.2. The van der Waals surface area contributed by atoms with Gasteiger partial charge in [-0.2, -0.15) is 0 Å². The number of esters is 1. The summed E-state index contributed by atoms with van der Waals surface area (Å²) in [6, 6.07) is 1.25. The summed E-state index contributed by atoms with van der Waals surface area (Å²) in [4.78, 5) is 14.9. The molecule has 4 nitrogen and oxygen atoms in total. The normalized spacial score (nSPS) is 10.6. The number of anilines is 1. The van der Waals surface area contributed by atoms with Crippen LogP contribution in [0.5, 0.6) is 0 Å². The average Bonchev–Trinajstić information content (AvgIpc) is 2.20. The molecular weight excluding hydrogens is 286 g/mol. The Morgan fingerprint density at radius 2 is 2.31 bits per heavy atom. The molecule has 0 bridgehead atoms. The summed E-state index contributed by atoms with van der Waals surface area (Å²) >= 11 is 2.93. The van der Waals surface area contributed by atoms with Crippen LogP contribution in [0.4, 0.5) is 14.5 Å². The standard InChI is InChI=1S/C9H9BrF2N2O2/c1-2-16-9(15)4-3-5(10)14-7(6(4)13)8(11)12/h3,8H,2,13H2,1H3. The van der Waals surface area contributed by atoms with E-state index >= 15 is 0 Å². The van der Waals surface area contributed by atoms with E-state index in [1.807, 2.05) is 0 Å². The van der Waals surface area contributed by atoms with Gasteiger partial charge in [-0.15, -0.1) is 0 Å². The molecule has 0 saturated carbocycles. The molecule has 0 aliphatic rings. The third-order valence-corrected chi connectivity index (χ3v) is 2.17. The largest absolute Gasteiger partial charge is 0.462 e. The van der Waals surface area contributed by atoms with Gasteiger partial charge in [0.25, 0.3) is 6.43 Å². The van der Waals surface area contributed by atoms with Crippen LogP contribution in [-0.4, -0.2) is 17.6 Å². The molecule has 88 valence electrons. The minimum absolute atomic E-state index is 0.111. The molecular formula is C9H9BrF2N2O2. The van der Waals surface area contributed by atoms with E-state index in [2.05, 4.69) is 25.7 Å². The lowest BCUT2D eigenvalue weighted by Gasteiger charge is -2.09. The van der Waals surface area contributed by atoms with Crippen LogP contribution in [0.2, 0.25) is 0 Å². The van der Waals surface area contributed by atoms with Gasteiger partial charge in [0.05, 0.1) is 17.9 Å². The molecule has 0 atom stereocenters. The maximum Gasteiger partial charge on any atom is 0.340 e. The highest BCUT2D eigenvalue weighted by atomic mass is 79.9. The van der Waals surface area contributed by atoms with Crippen LogP contribution in [0.3, 0.4) is 0 Å². The topological polar surface area (TPSA) is 65.2 Å². The number of halogens is 3. The van der Waals surface area contributed by atoms with Gasteiger partial charge in [0, 0.05) is 0 Å². The van der Waals surface area contributed by atoms with Crippen LogP contribution in [0, 0.1) is 0 Å². The zero-order valence-corrected chi connectivity index (χ0v) is 9.92. The number of hydrogen-bond donors (Lipinski definition) is 1. The van der Waals surface area contributed by atoms with Crippen molar-refractivity contribution in [1.82, 2.24) is 4.98 Å². The third-order valence-electron chi connectivity index (χ3n) is 1.76. The van der Waals surface area contributed by atoms with Crippen molar-refractivity contribution in [2.45, 2.75) is 13.3 Å². The molecule has 0 fully saturated rings. The molecule has 2 N–H and O–H groups in total. The first-order chi connectivity index (χ1) is 7.47. The summed E-state index contributed by atoms with van der Waals surface area (Å²) in [7, 11) is 0. The highest BCUT2D eigenvalue weighted by Crippen LogP contribution is 2.28. The first-order valence-corrected chi connectivity index (χ1v) is 5.17. The number of aromatic nitrogens is 1. The van der Waals surface area contributed by atoms with Gasteiger partial charge in [0.2, 0.25) is 0 Å². The summed E-state index contributed by atoms with van der Waals surface area (Å²) in [5, 5.41) is 0. The van der Waals surface area contributed by atoms with E-state index in [1.54, 1.807) is 6.92 Å². The number of rotatable bonds is 3. The van der Waals surface area contributed by atoms with Crippen molar-refractivity contribution in [1.29, 1.82) is 0 Å². The van der Waals surface area contributed by atoms with Gasteiger partial charge in [-0.1, -0.05) is 0 Å². The van der Waals surface area contributed by atoms with Gasteiger partial charge in [-0.05, 0) is 28.9 Å². The smallest absolute Gasteiger partial charge is 0.340 e. The molecule has 0 amide bonds. The summed E-state index contributed by atoms with van der Waals surface area (Å²) in [5.41, 5.74) is 4.33. The van der Waals surface area contributed by atoms with Crippen molar-refractivity contribution >= 4 is 27.6 Å². The summed E-state index contributed by atoms with van der Waals surface area (Å²) in [6.07, 6.45) is -2.84. The number of carbonyl (C=O) groups is 1. The SMILES string of the molecule is CCOC(=O)c1cc(Br)nc(C(F)F)c1N. The number of pyridine rings is 1. The summed E-state index contributed by atoms with van der Waals surface area (Å²) < 4.78 is 29.8. The lowest BCUT2D eigenvalue weighted by molar-refractivity contribution is 0.0527. The van der Waals surface area contributed by atoms with Gasteiger partial charge in [-0.25, -0.2) is 18.6 Å². The number of nitrogens with zero attached hydrogens (tertiary/aromatic N) is 1. The maximum atomic E-state index is 12.5. The number of alkyl halides is 2. The molecule has 0 spiro atoms. The summed E-state index contributed by atoms with van der Waals surface area (Å²) in [6.45, 7) is 1.75. The zero-order valence-electron chi connectivity index (χ0n) is 8.34. The van der Waals surface area contributed by atoms with E-state index in [9.17, 15) is 13.6 Å². The number of nitrogens with two attached hydrogens (primary N) is 1. The van der Waals surface area contributed by atoms with E-state index in [4.69, 9.17) is 5.73 Å². The third kappa shape index (κ3) is 2.66. The van der Waals surface area contributed by atoms with Gasteiger partial charge >= 0.3 is 5.97 Å². The second kappa shape index (κ2) is 5.20. The minimum atomic E-state index is -2.84. The van der Waals surface area contributed by atoms with E-state index in [-0.39, 0.29) is 22.5 Å². The van der Waals surface area contributed by atoms with E-state index in [0.29, 0.717) is 0 Å². The van der Waals surface area contributed by atoms with Gasteiger partial charge < -0.3 is 10.5 Å². The number of ether oxygens (including phenoxy) is 1. The molecule has 7 heteroatoms. The first kappa shape index (κ1) is 12.8. The molecule has 1 heterocycles. The molecule has 0 aromatic carbocycles. The number of hydrogen-bond acceptors (Lipinski definition) is 4. The van der Waals surface area contributed by atoms with Gasteiger partial charge in [0.1, 0.15) is 10.3 Å². The molecule has 0 aliphatic heterocycles. The Labute approximate surface area is 98.9 Å². The quantitative estimate of drug-likeness (QED) is 0.687. The van der Waals surface area contributed by atoms with Crippen LogP contribution >= 0.6 is 15.9 Å². The van der Waals surface area contributed by atoms with Crippen molar-refractivity contribution in [2.24, 2.45) is 0 Å². The van der Waals surface area contributed by atoms with Crippen LogP contribution in [0.1, 0.15) is 29.4 Å². The van der Waals surface area contributed by atoms with Crippen LogP contribution in [0.15, 0.2) is 10.7 Å². The Balaban J connectivity index is 3.24. The lowest BCUT2D eigenvalue weighted by Crippen LogP contribution is -2.11. The molecule has 0 aliphatic carbocycles. The Bertz CT molecular complexity index is 413. The number of nitrogen functional groups attached to an aromatic ring is 1. The fraction of sp³-hybridized carbons (Fsp3) is 0.333. The average molecular weight is 295 g/mol. The molecule has 0 unspecified atom stereocenters. The molecule has 0 saturated heterocycles. The highest BCUT2D eigenvalue weighted by molar-refractivity contribution is 9.10. The molecule has 1 rings (SSSR count). The van der Waals surface area contributed by atoms with Crippen molar-refractivity contribution in [3.8, 4) is 0 Å². The Morgan fingerprint density at radius 3 is 2.81 bits per heavy atom. The van der Waals surface area contributed by atoms with Gasteiger partial charge in [-0.3, -0.25) is 0 Å². The highest BCUT2D eigenvalue weighted by Gasteiger charge is 2.21. The fourth-order valence-electron chi connectivity index (χ4n) is 1.09. The van der Waals surface area contributed by atoms with Crippen molar-refractivity contribution < 1.29 is 18.3 Å². The minimum Gasteiger partial charge on any atom is -0.462 e. The molecule has 1 aromatic heterocycles. The van der Waals surface area contributed by atoms with Crippen LogP contribution in [0.25, 0.3) is 0 Å². The van der Waals surface area contributed by atoms with E-state index < -0.39 is 18.1 Å². The number of carbonyl (C=O) groups excluding carboxylic acids is 1. The fourth-order valence-corrected chi connectivity index (χ4v) is 1.51. The van der Waals surface area contributed by atoms with Crippen molar-refractivity contribution in [3.05, 3.63) is 21.9 Å². The Hall–Kier alpha value is -1.24. The first-order valence-electron chi connectivity index (χ1n) is 4.38. The Kier molecular flexibility index (Phi) is 4.17. The predicted octanol–water partition coefficient (Wildman–Crippen LogP) is 2.54. The van der Waals surface area contributed by atoms with Crippen LogP contribution in [-0.2, 0) is 4.74 Å². The van der Waals surface area contributed by atoms with Gasteiger partial charge in [0.15, 0.2) is 0 Å². The van der Waals surface area contributed by atoms with E-state index in [1.165, 1.54) is 6.07 Å². The summed E-state index contributed by atoms with van der Waals surface area (Å²) in [5.74, 6) is -0.745. The Morgan fingerprint density at radius 1 is 1.69 bits per heavy atom. The predicted molar refractivity (Wildman–Crippen MR) is 57.3 cm³/mol. The molecule has 16 heavy (non-hydrogen) atoms. The van der Waals surface area contributed by atoms with E-state index in [0.717, 1.165) is 0 Å². The van der Waals surface area contributed by atoms with Crippen molar-refractivity contribution in [2.75, 3.05) is 12.3 Å².